The van der Waals surface area contributed by atoms with Crippen LogP contribution < -0.4 is 11.1 Å². The first kappa shape index (κ1) is 13.5. The number of hydrogen-bond acceptors (Lipinski definition) is 7. The van der Waals surface area contributed by atoms with E-state index >= 15 is 0 Å². The number of nitro groups is 1. The third-order valence-electron chi connectivity index (χ3n) is 3.04. The van der Waals surface area contributed by atoms with Gasteiger partial charge in [-0.25, -0.2) is 4.98 Å². The fraction of sp³-hybridized carbons (Fsp3) is 0.636. The van der Waals surface area contributed by atoms with Crippen molar-refractivity contribution in [1.82, 2.24) is 9.97 Å². The molecule has 0 atom stereocenters. The van der Waals surface area contributed by atoms with Crippen molar-refractivity contribution in [3.05, 3.63) is 16.3 Å². The standard InChI is InChI=1S/C11H17N5O3/c12-11-14-7-9(16(17)18)10(15-11)13-5-6-19-8-3-1-2-4-8/h7-8H,1-6H2,(H3,12,13,14,15). The SMILES string of the molecule is Nc1ncc([N+](=O)[O-])c(NCCOC2CCCC2)n1. The first-order chi connectivity index (χ1) is 9.16. The van der Waals surface area contributed by atoms with Crippen LogP contribution in [0.5, 0.6) is 0 Å². The highest BCUT2D eigenvalue weighted by Gasteiger charge is 2.17. The molecule has 3 N–H and O–H groups in total. The summed E-state index contributed by atoms with van der Waals surface area (Å²) >= 11 is 0. The minimum absolute atomic E-state index is 0.00445. The predicted octanol–water partition coefficient (Wildman–Crippen LogP) is 1.34. The van der Waals surface area contributed by atoms with E-state index in [-0.39, 0.29) is 17.5 Å². The van der Waals surface area contributed by atoms with Crippen LogP contribution in [0.4, 0.5) is 17.5 Å². The second-order valence-corrected chi connectivity index (χ2v) is 4.42. The minimum Gasteiger partial charge on any atom is -0.376 e. The minimum atomic E-state index is -0.542. The molecule has 1 aromatic heterocycles. The number of hydrogen-bond donors (Lipinski definition) is 2. The van der Waals surface area contributed by atoms with Gasteiger partial charge in [-0.1, -0.05) is 12.8 Å². The zero-order valence-electron chi connectivity index (χ0n) is 10.5. The number of ether oxygens (including phenoxy) is 1. The predicted molar refractivity (Wildman–Crippen MR) is 69.8 cm³/mol. The molecular weight excluding hydrogens is 250 g/mol. The zero-order valence-corrected chi connectivity index (χ0v) is 10.5. The van der Waals surface area contributed by atoms with Crippen molar-refractivity contribution < 1.29 is 9.66 Å². The third-order valence-corrected chi connectivity index (χ3v) is 3.04. The van der Waals surface area contributed by atoms with Crippen LogP contribution in [0.25, 0.3) is 0 Å². The Balaban J connectivity index is 1.84. The average molecular weight is 267 g/mol. The van der Waals surface area contributed by atoms with Gasteiger partial charge in [-0.2, -0.15) is 4.98 Å². The Labute approximate surface area is 110 Å². The van der Waals surface area contributed by atoms with Crippen molar-refractivity contribution in [2.24, 2.45) is 0 Å². The number of aromatic nitrogens is 2. The summed E-state index contributed by atoms with van der Waals surface area (Å²) in [6.45, 7) is 0.944. The number of rotatable bonds is 6. The molecule has 0 spiro atoms. The number of anilines is 2. The first-order valence-corrected chi connectivity index (χ1v) is 6.29. The lowest BCUT2D eigenvalue weighted by atomic mass is 10.3. The van der Waals surface area contributed by atoms with E-state index in [0.29, 0.717) is 19.3 Å². The Morgan fingerprint density at radius 3 is 2.95 bits per heavy atom. The van der Waals surface area contributed by atoms with Crippen LogP contribution in [0, 0.1) is 10.1 Å². The Morgan fingerprint density at radius 2 is 2.26 bits per heavy atom. The smallest absolute Gasteiger partial charge is 0.329 e. The van der Waals surface area contributed by atoms with Crippen LogP contribution in [0.2, 0.25) is 0 Å². The molecule has 19 heavy (non-hydrogen) atoms. The molecule has 0 amide bonds. The quantitative estimate of drug-likeness (QED) is 0.453. The van der Waals surface area contributed by atoms with Gasteiger partial charge in [0.25, 0.3) is 0 Å². The normalized spacial score (nSPS) is 15.6. The lowest BCUT2D eigenvalue weighted by molar-refractivity contribution is -0.384. The van der Waals surface area contributed by atoms with Gasteiger partial charge in [0.05, 0.1) is 17.6 Å². The molecule has 1 aliphatic rings. The molecule has 8 heteroatoms. The zero-order chi connectivity index (χ0) is 13.7. The van der Waals surface area contributed by atoms with E-state index in [4.69, 9.17) is 10.5 Å². The molecule has 0 radical (unpaired) electrons. The molecule has 0 aliphatic heterocycles. The van der Waals surface area contributed by atoms with Crippen LogP contribution in [-0.2, 0) is 4.74 Å². The third kappa shape index (κ3) is 3.75. The molecule has 1 heterocycles. The molecule has 0 bridgehead atoms. The Morgan fingerprint density at radius 1 is 1.53 bits per heavy atom. The highest BCUT2D eigenvalue weighted by Crippen LogP contribution is 2.22. The summed E-state index contributed by atoms with van der Waals surface area (Å²) in [5.41, 5.74) is 5.23. The van der Waals surface area contributed by atoms with E-state index in [0.717, 1.165) is 19.0 Å². The molecule has 0 saturated heterocycles. The summed E-state index contributed by atoms with van der Waals surface area (Å²) in [6, 6.07) is 0. The number of nitrogen functional groups attached to an aromatic ring is 1. The molecule has 8 nitrogen and oxygen atoms in total. The van der Waals surface area contributed by atoms with E-state index in [9.17, 15) is 10.1 Å². The van der Waals surface area contributed by atoms with Gasteiger partial charge in [-0.3, -0.25) is 10.1 Å². The van der Waals surface area contributed by atoms with Crippen molar-refractivity contribution in [2.75, 3.05) is 24.2 Å². The summed E-state index contributed by atoms with van der Waals surface area (Å²) in [4.78, 5) is 17.7. The van der Waals surface area contributed by atoms with Crippen LogP contribution in [0.3, 0.4) is 0 Å². The number of nitrogens with zero attached hydrogens (tertiary/aromatic N) is 3. The van der Waals surface area contributed by atoms with E-state index in [1.165, 1.54) is 12.8 Å². The fourth-order valence-electron chi connectivity index (χ4n) is 2.10. The lowest BCUT2D eigenvalue weighted by Crippen LogP contribution is -2.17. The molecule has 104 valence electrons. The Hall–Kier alpha value is -1.96. The molecule has 2 rings (SSSR count). The first-order valence-electron chi connectivity index (χ1n) is 6.29. The molecule has 1 aliphatic carbocycles. The highest BCUT2D eigenvalue weighted by atomic mass is 16.6. The van der Waals surface area contributed by atoms with Crippen LogP contribution >= 0.6 is 0 Å². The maximum atomic E-state index is 10.8. The Bertz CT molecular complexity index is 448. The van der Waals surface area contributed by atoms with Gasteiger partial charge >= 0.3 is 5.69 Å². The number of nitrogens with one attached hydrogen (secondary N) is 1. The van der Waals surface area contributed by atoms with E-state index in [1.54, 1.807) is 0 Å². The van der Waals surface area contributed by atoms with Crippen molar-refractivity contribution in [3.8, 4) is 0 Å². The van der Waals surface area contributed by atoms with Gasteiger partial charge in [0, 0.05) is 6.54 Å². The second kappa shape index (κ2) is 6.28. The van der Waals surface area contributed by atoms with Gasteiger partial charge in [-0.05, 0) is 12.8 Å². The van der Waals surface area contributed by atoms with Gasteiger partial charge in [-0.15, -0.1) is 0 Å². The van der Waals surface area contributed by atoms with Crippen molar-refractivity contribution in [3.63, 3.8) is 0 Å². The monoisotopic (exact) mass is 267 g/mol. The molecular formula is C11H17N5O3. The van der Waals surface area contributed by atoms with Gasteiger partial charge in [0.15, 0.2) is 0 Å². The average Bonchev–Trinajstić information content (AvgIpc) is 2.87. The number of nitrogens with two attached hydrogens (primary N) is 1. The molecule has 1 aromatic rings. The van der Waals surface area contributed by atoms with E-state index in [1.807, 2.05) is 0 Å². The van der Waals surface area contributed by atoms with Crippen molar-refractivity contribution >= 4 is 17.5 Å². The fourth-order valence-corrected chi connectivity index (χ4v) is 2.10. The summed E-state index contributed by atoms with van der Waals surface area (Å²) < 4.78 is 5.65. The molecule has 1 fully saturated rings. The molecule has 0 aromatic carbocycles. The maximum Gasteiger partial charge on any atom is 0.329 e. The van der Waals surface area contributed by atoms with Crippen molar-refractivity contribution in [1.29, 1.82) is 0 Å². The summed E-state index contributed by atoms with van der Waals surface area (Å²) in [7, 11) is 0. The van der Waals surface area contributed by atoms with Crippen LogP contribution in [0.1, 0.15) is 25.7 Å². The van der Waals surface area contributed by atoms with Crippen LogP contribution in [-0.4, -0.2) is 34.1 Å². The highest BCUT2D eigenvalue weighted by molar-refractivity contribution is 5.56. The van der Waals surface area contributed by atoms with Gasteiger partial charge < -0.3 is 15.8 Å². The van der Waals surface area contributed by atoms with E-state index in [2.05, 4.69) is 15.3 Å². The van der Waals surface area contributed by atoms with Gasteiger partial charge in [0.2, 0.25) is 11.8 Å². The molecule has 1 saturated carbocycles. The Kier molecular flexibility index (Phi) is 4.45. The van der Waals surface area contributed by atoms with Gasteiger partial charge in [0.1, 0.15) is 6.20 Å². The second-order valence-electron chi connectivity index (χ2n) is 4.42. The summed E-state index contributed by atoms with van der Waals surface area (Å²) in [5, 5.41) is 13.6. The summed E-state index contributed by atoms with van der Waals surface area (Å²) in [6.07, 6.45) is 6.05. The largest absolute Gasteiger partial charge is 0.376 e. The van der Waals surface area contributed by atoms with Crippen LogP contribution in [0.15, 0.2) is 6.20 Å². The molecule has 0 unspecified atom stereocenters. The lowest BCUT2D eigenvalue weighted by Gasteiger charge is -2.11. The van der Waals surface area contributed by atoms with Crippen molar-refractivity contribution in [2.45, 2.75) is 31.8 Å². The van der Waals surface area contributed by atoms with E-state index < -0.39 is 4.92 Å². The summed E-state index contributed by atoms with van der Waals surface area (Å²) in [5.74, 6) is 0.136. The topological polar surface area (TPSA) is 116 Å². The maximum absolute atomic E-state index is 10.8.